The van der Waals surface area contributed by atoms with Crippen molar-refractivity contribution < 1.29 is 18.4 Å². The number of nitrogens with one attached hydrogen (secondary N) is 1. The molecule has 0 bridgehead atoms. The molecular formula is C12H19N3O5S. The molecule has 0 unspecified atom stereocenters. The smallest absolute Gasteiger partial charge is 0.363 e. The quantitative estimate of drug-likeness (QED) is 0.546. The Morgan fingerprint density at radius 3 is 2.38 bits per heavy atom. The number of hydrogen-bond acceptors (Lipinski definition) is 6. The summed E-state index contributed by atoms with van der Waals surface area (Å²) in [6.45, 7) is 3.72. The molecule has 0 amide bonds. The van der Waals surface area contributed by atoms with Gasteiger partial charge in [0.1, 0.15) is 4.90 Å². The van der Waals surface area contributed by atoms with E-state index in [1.54, 1.807) is 0 Å². The number of rotatable bonds is 8. The monoisotopic (exact) mass is 317 g/mol. The van der Waals surface area contributed by atoms with E-state index in [9.17, 15) is 23.6 Å². The third-order valence-corrected chi connectivity index (χ3v) is 5.08. The van der Waals surface area contributed by atoms with Gasteiger partial charge in [-0.3, -0.25) is 0 Å². The van der Waals surface area contributed by atoms with Crippen LogP contribution < -0.4 is 4.72 Å². The van der Waals surface area contributed by atoms with E-state index in [-0.39, 0.29) is 18.0 Å². The molecule has 1 rings (SSSR count). The number of sulfonamides is 1. The van der Waals surface area contributed by atoms with Crippen molar-refractivity contribution in [2.45, 2.75) is 31.6 Å². The van der Waals surface area contributed by atoms with E-state index in [0.29, 0.717) is 12.8 Å². The maximum absolute atomic E-state index is 12.1. The van der Waals surface area contributed by atoms with Crippen LogP contribution in [0.5, 0.6) is 0 Å². The van der Waals surface area contributed by atoms with Gasteiger partial charge in [0.05, 0.1) is 0 Å². The summed E-state index contributed by atoms with van der Waals surface area (Å²) in [5.74, 6) is -0.416. The van der Waals surface area contributed by atoms with Gasteiger partial charge in [-0.15, -0.1) is 0 Å². The lowest BCUT2D eigenvalue weighted by atomic mass is 9.84. The summed E-state index contributed by atoms with van der Waals surface area (Å²) in [4.78, 5) is 13.1. The first-order valence-corrected chi connectivity index (χ1v) is 7.99. The standard InChI is InChI=1S/C12H19N3O5S/c1-3-12(4-2,9-16)8-14-21(19,20)10-5-6-11(13-7-10)15(17)18/h5-7,14,16H,3-4,8-9H2,1-2H3. The average Bonchev–Trinajstić information content (AvgIpc) is 2.49. The molecular weight excluding hydrogens is 298 g/mol. The Balaban J connectivity index is 2.89. The van der Waals surface area contributed by atoms with Crippen molar-refractivity contribution in [3.8, 4) is 0 Å². The number of nitro groups is 1. The van der Waals surface area contributed by atoms with Crippen LogP contribution in [0.15, 0.2) is 23.2 Å². The minimum atomic E-state index is -3.81. The molecule has 0 spiro atoms. The Kier molecular flexibility index (Phi) is 5.76. The normalized spacial score (nSPS) is 12.3. The summed E-state index contributed by atoms with van der Waals surface area (Å²) in [6, 6.07) is 2.17. The van der Waals surface area contributed by atoms with Crippen LogP contribution in [0, 0.1) is 15.5 Å². The molecule has 0 aromatic carbocycles. The topological polar surface area (TPSA) is 122 Å². The number of aromatic nitrogens is 1. The lowest BCUT2D eigenvalue weighted by Crippen LogP contribution is -2.39. The number of pyridine rings is 1. The number of hydrogen-bond donors (Lipinski definition) is 2. The molecule has 9 heteroatoms. The molecule has 0 saturated carbocycles. The van der Waals surface area contributed by atoms with Crippen LogP contribution in [-0.2, 0) is 10.0 Å². The zero-order chi connectivity index (χ0) is 16.1. The van der Waals surface area contributed by atoms with Gasteiger partial charge >= 0.3 is 5.82 Å². The molecule has 0 radical (unpaired) electrons. The van der Waals surface area contributed by atoms with E-state index in [0.717, 1.165) is 18.3 Å². The van der Waals surface area contributed by atoms with E-state index in [4.69, 9.17) is 0 Å². The average molecular weight is 317 g/mol. The fourth-order valence-corrected chi connectivity index (χ4v) is 2.85. The molecule has 0 fully saturated rings. The Hall–Kier alpha value is -1.58. The van der Waals surface area contributed by atoms with Gasteiger partial charge in [0, 0.05) is 24.6 Å². The SMILES string of the molecule is CCC(CC)(CO)CNS(=O)(=O)c1ccc([N+](=O)[O-])nc1. The highest BCUT2D eigenvalue weighted by molar-refractivity contribution is 7.89. The Bertz CT molecular complexity index is 573. The lowest BCUT2D eigenvalue weighted by molar-refractivity contribution is -0.389. The number of aliphatic hydroxyl groups is 1. The van der Waals surface area contributed by atoms with Crippen molar-refractivity contribution in [3.63, 3.8) is 0 Å². The molecule has 0 aliphatic rings. The van der Waals surface area contributed by atoms with Gasteiger partial charge in [0.15, 0.2) is 6.20 Å². The lowest BCUT2D eigenvalue weighted by Gasteiger charge is -2.29. The zero-order valence-electron chi connectivity index (χ0n) is 11.9. The predicted octanol–water partition coefficient (Wildman–Crippen LogP) is 1.07. The van der Waals surface area contributed by atoms with Crippen LogP contribution in [0.1, 0.15) is 26.7 Å². The second-order valence-electron chi connectivity index (χ2n) is 4.80. The maximum atomic E-state index is 12.1. The fourth-order valence-electron chi connectivity index (χ4n) is 1.75. The van der Waals surface area contributed by atoms with Crippen molar-refractivity contribution in [2.75, 3.05) is 13.2 Å². The van der Waals surface area contributed by atoms with E-state index < -0.39 is 26.2 Å². The first-order chi connectivity index (χ1) is 9.80. The molecule has 1 heterocycles. The number of aliphatic hydroxyl groups excluding tert-OH is 1. The Labute approximate surface area is 123 Å². The number of nitrogens with zero attached hydrogens (tertiary/aromatic N) is 2. The first-order valence-electron chi connectivity index (χ1n) is 6.51. The Morgan fingerprint density at radius 1 is 1.38 bits per heavy atom. The van der Waals surface area contributed by atoms with Crippen LogP contribution in [0.2, 0.25) is 0 Å². The van der Waals surface area contributed by atoms with Crippen LogP contribution in [0.4, 0.5) is 5.82 Å². The highest BCUT2D eigenvalue weighted by Crippen LogP contribution is 2.25. The summed E-state index contributed by atoms with van der Waals surface area (Å²) < 4.78 is 26.6. The van der Waals surface area contributed by atoms with Gasteiger partial charge < -0.3 is 15.2 Å². The van der Waals surface area contributed by atoms with Gasteiger partial charge in [-0.2, -0.15) is 0 Å². The molecule has 8 nitrogen and oxygen atoms in total. The molecule has 2 N–H and O–H groups in total. The van der Waals surface area contributed by atoms with Crippen LogP contribution in [0.25, 0.3) is 0 Å². The molecule has 118 valence electrons. The fraction of sp³-hybridized carbons (Fsp3) is 0.583. The molecule has 21 heavy (non-hydrogen) atoms. The highest BCUT2D eigenvalue weighted by Gasteiger charge is 2.28. The summed E-state index contributed by atoms with van der Waals surface area (Å²) in [6.07, 6.45) is 2.20. The predicted molar refractivity (Wildman–Crippen MR) is 76.2 cm³/mol. The summed E-state index contributed by atoms with van der Waals surface area (Å²) in [5.41, 5.74) is -0.513. The molecule has 0 aliphatic carbocycles. The molecule has 1 aromatic heterocycles. The molecule has 0 saturated heterocycles. The van der Waals surface area contributed by atoms with Gasteiger partial charge in [0.25, 0.3) is 0 Å². The van der Waals surface area contributed by atoms with Gasteiger partial charge in [0.2, 0.25) is 10.0 Å². The first kappa shape index (κ1) is 17.5. The van der Waals surface area contributed by atoms with Crippen LogP contribution in [-0.4, -0.2) is 36.6 Å². The molecule has 0 atom stereocenters. The highest BCUT2D eigenvalue weighted by atomic mass is 32.2. The molecule has 0 aliphatic heterocycles. The largest absolute Gasteiger partial charge is 0.396 e. The van der Waals surface area contributed by atoms with Gasteiger partial charge in [-0.05, 0) is 28.8 Å². The molecule has 1 aromatic rings. The summed E-state index contributed by atoms with van der Waals surface area (Å²) >= 11 is 0. The Morgan fingerprint density at radius 2 is 2.00 bits per heavy atom. The van der Waals surface area contributed by atoms with E-state index >= 15 is 0 Å². The van der Waals surface area contributed by atoms with Gasteiger partial charge in [-0.1, -0.05) is 13.8 Å². The minimum Gasteiger partial charge on any atom is -0.396 e. The van der Waals surface area contributed by atoms with Crippen LogP contribution in [0.3, 0.4) is 0 Å². The minimum absolute atomic E-state index is 0.0931. The van der Waals surface area contributed by atoms with Crippen molar-refractivity contribution in [1.29, 1.82) is 0 Å². The van der Waals surface area contributed by atoms with Crippen LogP contribution >= 0.6 is 0 Å². The summed E-state index contributed by atoms with van der Waals surface area (Å²) in [5, 5.41) is 19.9. The third kappa shape index (κ3) is 4.19. The van der Waals surface area contributed by atoms with Crippen molar-refractivity contribution in [3.05, 3.63) is 28.4 Å². The maximum Gasteiger partial charge on any atom is 0.363 e. The van der Waals surface area contributed by atoms with Crippen molar-refractivity contribution in [2.24, 2.45) is 5.41 Å². The van der Waals surface area contributed by atoms with E-state index in [1.165, 1.54) is 0 Å². The second-order valence-corrected chi connectivity index (χ2v) is 6.57. The second kappa shape index (κ2) is 6.92. The van der Waals surface area contributed by atoms with E-state index in [1.807, 2.05) is 13.8 Å². The van der Waals surface area contributed by atoms with Gasteiger partial charge in [-0.25, -0.2) is 13.1 Å². The zero-order valence-corrected chi connectivity index (χ0v) is 12.8. The summed E-state index contributed by atoms with van der Waals surface area (Å²) in [7, 11) is -3.81. The van der Waals surface area contributed by atoms with Crippen molar-refractivity contribution >= 4 is 15.8 Å². The van der Waals surface area contributed by atoms with E-state index in [2.05, 4.69) is 9.71 Å². The third-order valence-electron chi connectivity index (χ3n) is 3.69. The van der Waals surface area contributed by atoms with Crippen molar-refractivity contribution in [1.82, 2.24) is 9.71 Å².